The molecule has 0 spiro atoms. The smallest absolute Gasteiger partial charge is 0.00987 e. The van der Waals surface area contributed by atoms with Crippen molar-refractivity contribution in [1.29, 1.82) is 0 Å². The minimum absolute atomic E-state index is 1.21. The first-order valence-corrected chi connectivity index (χ1v) is 19.5. The Morgan fingerprint density at radius 1 is 0.261 bits per heavy atom. The number of hydrogen-bond acceptors (Lipinski definition) is 0. The molecule has 5 aromatic carbocycles. The van der Waals surface area contributed by atoms with Gasteiger partial charge in [-0.3, -0.25) is 0 Å². The minimum atomic E-state index is 1.21. The standard InChI is InChI=1S/C46H62/c1-5-9-13-17-21-35-25-27-41-39(37(35)23-19-15-11-7-3)29-31-45-43(41)33-34-44-42-28-26-36(22-18-14-10-6-2)38(24-20-16-12-8-4)40(42)30-32-46(44)45/h25-34H,5-24H2,1-4H3. The second-order valence-corrected chi connectivity index (χ2v) is 14.2. The molecule has 0 bridgehead atoms. The van der Waals surface area contributed by atoms with E-state index < -0.39 is 0 Å². The average molecular weight is 615 g/mol. The average Bonchev–Trinajstić information content (AvgIpc) is 3.08. The van der Waals surface area contributed by atoms with Crippen LogP contribution in [-0.4, -0.2) is 0 Å². The fraction of sp³-hybridized carbons (Fsp3) is 0.522. The van der Waals surface area contributed by atoms with Gasteiger partial charge in [-0.05, 0) is 117 Å². The number of hydrogen-bond donors (Lipinski definition) is 0. The van der Waals surface area contributed by atoms with E-state index in [1.165, 1.54) is 172 Å². The summed E-state index contributed by atoms with van der Waals surface area (Å²) in [5.41, 5.74) is 6.46. The third kappa shape index (κ3) is 8.16. The molecule has 0 unspecified atom stereocenters. The molecule has 0 heterocycles. The molecule has 0 aliphatic rings. The predicted molar refractivity (Wildman–Crippen MR) is 208 cm³/mol. The SMILES string of the molecule is CCCCCCc1ccc2c(ccc3c2ccc2c4ccc(CCCCCC)c(CCCCCC)c4ccc23)c1CCCCCC. The lowest BCUT2D eigenvalue weighted by molar-refractivity contribution is 0.652. The second kappa shape index (κ2) is 17.9. The maximum absolute atomic E-state index is 2.49. The van der Waals surface area contributed by atoms with E-state index in [4.69, 9.17) is 0 Å². The molecule has 0 nitrogen and oxygen atoms in total. The fourth-order valence-electron chi connectivity index (χ4n) is 8.07. The maximum atomic E-state index is 2.49. The van der Waals surface area contributed by atoms with Crippen LogP contribution in [0.15, 0.2) is 60.7 Å². The molecule has 0 aliphatic heterocycles. The minimum Gasteiger partial charge on any atom is -0.0654 e. The summed E-state index contributed by atoms with van der Waals surface area (Å²) in [6, 6.07) is 24.6. The Morgan fingerprint density at radius 2 is 0.522 bits per heavy atom. The van der Waals surface area contributed by atoms with Crippen molar-refractivity contribution in [2.24, 2.45) is 0 Å². The summed E-state index contributed by atoms with van der Waals surface area (Å²) in [6.45, 7) is 9.26. The predicted octanol–water partition coefficient (Wildman–Crippen LogP) is 14.8. The highest BCUT2D eigenvalue weighted by Crippen LogP contribution is 2.38. The third-order valence-electron chi connectivity index (χ3n) is 10.8. The highest BCUT2D eigenvalue weighted by molar-refractivity contribution is 6.22. The molecule has 0 saturated heterocycles. The quantitative estimate of drug-likeness (QED) is 0.0604. The molecule has 0 radical (unpaired) electrons. The van der Waals surface area contributed by atoms with Gasteiger partial charge in [0.1, 0.15) is 0 Å². The molecule has 46 heavy (non-hydrogen) atoms. The number of aryl methyl sites for hydroxylation is 4. The maximum Gasteiger partial charge on any atom is -0.00987 e. The Labute approximate surface area is 281 Å². The fourth-order valence-corrected chi connectivity index (χ4v) is 8.07. The summed E-state index contributed by atoms with van der Waals surface area (Å²) in [7, 11) is 0. The zero-order chi connectivity index (χ0) is 32.1. The summed E-state index contributed by atoms with van der Waals surface area (Å²) in [6.07, 6.45) is 26.1. The molecule has 246 valence electrons. The van der Waals surface area contributed by atoms with Gasteiger partial charge in [0.25, 0.3) is 0 Å². The van der Waals surface area contributed by atoms with Gasteiger partial charge in [-0.25, -0.2) is 0 Å². The molecular weight excluding hydrogens is 553 g/mol. The van der Waals surface area contributed by atoms with Gasteiger partial charge in [0, 0.05) is 0 Å². The lowest BCUT2D eigenvalue weighted by atomic mass is 9.87. The molecule has 5 rings (SSSR count). The van der Waals surface area contributed by atoms with Crippen LogP contribution < -0.4 is 0 Å². The van der Waals surface area contributed by atoms with E-state index in [-0.39, 0.29) is 0 Å². The topological polar surface area (TPSA) is 0 Å². The van der Waals surface area contributed by atoms with E-state index in [9.17, 15) is 0 Å². The zero-order valence-corrected chi connectivity index (χ0v) is 29.9. The van der Waals surface area contributed by atoms with Crippen LogP contribution in [0, 0.1) is 0 Å². The number of fused-ring (bicyclic) bond motifs is 7. The Kier molecular flexibility index (Phi) is 13.4. The van der Waals surface area contributed by atoms with E-state index >= 15 is 0 Å². The molecule has 0 aromatic heterocycles. The highest BCUT2D eigenvalue weighted by Gasteiger charge is 2.15. The van der Waals surface area contributed by atoms with Gasteiger partial charge in [0.2, 0.25) is 0 Å². The second-order valence-electron chi connectivity index (χ2n) is 14.2. The lowest BCUT2D eigenvalue weighted by Gasteiger charge is -2.18. The van der Waals surface area contributed by atoms with Crippen molar-refractivity contribution in [3.8, 4) is 0 Å². The van der Waals surface area contributed by atoms with Gasteiger partial charge >= 0.3 is 0 Å². The normalized spacial score (nSPS) is 11.9. The Hall–Kier alpha value is -2.86. The first-order chi connectivity index (χ1) is 22.7. The van der Waals surface area contributed by atoms with Crippen molar-refractivity contribution in [2.45, 2.75) is 156 Å². The largest absolute Gasteiger partial charge is 0.0654 e. The van der Waals surface area contributed by atoms with Crippen LogP contribution in [0.2, 0.25) is 0 Å². The molecule has 0 heteroatoms. The van der Waals surface area contributed by atoms with Gasteiger partial charge in [-0.1, -0.05) is 165 Å². The van der Waals surface area contributed by atoms with Crippen LogP contribution in [0.4, 0.5) is 0 Å². The van der Waals surface area contributed by atoms with Crippen LogP contribution in [0.5, 0.6) is 0 Å². The van der Waals surface area contributed by atoms with Crippen molar-refractivity contribution in [3.63, 3.8) is 0 Å². The molecular formula is C46H62. The summed E-state index contributed by atoms with van der Waals surface area (Å²) >= 11 is 0. The Bertz CT molecular complexity index is 1560. The first kappa shape index (κ1) is 34.5. The lowest BCUT2D eigenvalue weighted by Crippen LogP contribution is -1.99. The molecule has 0 fully saturated rings. The van der Waals surface area contributed by atoms with Gasteiger partial charge in [-0.2, -0.15) is 0 Å². The van der Waals surface area contributed by atoms with E-state index in [1.807, 2.05) is 0 Å². The third-order valence-corrected chi connectivity index (χ3v) is 10.8. The van der Waals surface area contributed by atoms with Gasteiger partial charge in [0.05, 0.1) is 0 Å². The van der Waals surface area contributed by atoms with Gasteiger partial charge in [0.15, 0.2) is 0 Å². The van der Waals surface area contributed by atoms with Gasteiger partial charge in [-0.15, -0.1) is 0 Å². The molecule has 0 saturated carbocycles. The van der Waals surface area contributed by atoms with E-state index in [1.54, 1.807) is 22.3 Å². The molecule has 0 atom stereocenters. The van der Waals surface area contributed by atoms with Crippen LogP contribution in [0.3, 0.4) is 0 Å². The number of unbranched alkanes of at least 4 members (excludes halogenated alkanes) is 12. The van der Waals surface area contributed by atoms with E-state index in [2.05, 4.69) is 88.4 Å². The first-order valence-electron chi connectivity index (χ1n) is 19.5. The van der Waals surface area contributed by atoms with Crippen LogP contribution in [0.25, 0.3) is 43.1 Å². The van der Waals surface area contributed by atoms with Crippen molar-refractivity contribution in [1.82, 2.24) is 0 Å². The summed E-state index contributed by atoms with van der Waals surface area (Å²) in [4.78, 5) is 0. The molecule has 0 aliphatic carbocycles. The van der Waals surface area contributed by atoms with E-state index in [0.717, 1.165) is 0 Å². The van der Waals surface area contributed by atoms with Crippen LogP contribution in [0.1, 0.15) is 153 Å². The number of rotatable bonds is 20. The molecule has 5 aromatic rings. The summed E-state index contributed by atoms with van der Waals surface area (Å²) in [5.74, 6) is 0. The number of benzene rings is 5. The monoisotopic (exact) mass is 614 g/mol. The molecule has 0 amide bonds. The Balaban J connectivity index is 1.56. The summed E-state index contributed by atoms with van der Waals surface area (Å²) in [5, 5.41) is 11.6. The van der Waals surface area contributed by atoms with E-state index in [0.29, 0.717) is 0 Å². The van der Waals surface area contributed by atoms with Crippen molar-refractivity contribution in [3.05, 3.63) is 82.9 Å². The van der Waals surface area contributed by atoms with Gasteiger partial charge < -0.3 is 0 Å². The zero-order valence-electron chi connectivity index (χ0n) is 29.9. The highest BCUT2D eigenvalue weighted by atomic mass is 14.2. The summed E-state index contributed by atoms with van der Waals surface area (Å²) < 4.78 is 0. The van der Waals surface area contributed by atoms with Crippen LogP contribution >= 0.6 is 0 Å². The molecule has 0 N–H and O–H groups in total. The van der Waals surface area contributed by atoms with Crippen molar-refractivity contribution in [2.75, 3.05) is 0 Å². The van der Waals surface area contributed by atoms with Crippen molar-refractivity contribution < 1.29 is 0 Å². The Morgan fingerprint density at radius 3 is 0.848 bits per heavy atom. The van der Waals surface area contributed by atoms with Crippen molar-refractivity contribution >= 4 is 43.1 Å². The van der Waals surface area contributed by atoms with Crippen LogP contribution in [-0.2, 0) is 25.7 Å².